The number of carboxylic acid groups (broad SMARTS) is 1. The first-order chi connectivity index (χ1) is 18.6. The Balaban J connectivity index is 0.00000441. The molecule has 0 unspecified atom stereocenters. The van der Waals surface area contributed by atoms with Gasteiger partial charge in [0.1, 0.15) is 11.5 Å². The van der Waals surface area contributed by atoms with Crippen LogP contribution in [-0.4, -0.2) is 66.7 Å². The Morgan fingerprint density at radius 2 is 1.55 bits per heavy atom. The number of benzene rings is 4. The van der Waals surface area contributed by atoms with E-state index in [0.717, 1.165) is 11.1 Å². The van der Waals surface area contributed by atoms with E-state index >= 15 is 0 Å². The van der Waals surface area contributed by atoms with Gasteiger partial charge in [-0.05, 0) is 85.1 Å². The van der Waals surface area contributed by atoms with Crippen LogP contribution >= 0.6 is 11.6 Å². The second-order valence-electron chi connectivity index (χ2n) is 9.14. The molecule has 0 bridgehead atoms. The van der Waals surface area contributed by atoms with Gasteiger partial charge in [0.2, 0.25) is 9.84 Å². The fourth-order valence-electron chi connectivity index (χ4n) is 4.04. The van der Waals surface area contributed by atoms with Crippen molar-refractivity contribution in [3.05, 3.63) is 119 Å². The van der Waals surface area contributed by atoms with Crippen LogP contribution in [0.2, 0.25) is 5.02 Å². The van der Waals surface area contributed by atoms with Crippen molar-refractivity contribution < 1.29 is 28.2 Å². The molecule has 2 atom stereocenters. The van der Waals surface area contributed by atoms with E-state index in [2.05, 4.69) is 5.32 Å². The molecule has 4 rings (SSSR count). The number of nitrogens with one attached hydrogen (secondary N) is 1. The molecule has 4 aromatic carbocycles. The molecule has 0 saturated carbocycles. The van der Waals surface area contributed by atoms with Crippen molar-refractivity contribution in [2.45, 2.75) is 35.3 Å². The monoisotopic (exact) mass is 589 g/mol. The van der Waals surface area contributed by atoms with Gasteiger partial charge in [-0.25, -0.2) is 13.2 Å². The number of carboxylic acids is 1. The molecule has 0 heterocycles. The minimum absolute atomic E-state index is 0. The Labute approximate surface area is 261 Å². The summed E-state index contributed by atoms with van der Waals surface area (Å²) in [5.74, 6) is -0.521. The number of rotatable bonds is 11. The van der Waals surface area contributed by atoms with Gasteiger partial charge in [0.05, 0.1) is 21.5 Å². The third-order valence-corrected chi connectivity index (χ3v) is 8.10. The normalized spacial score (nSPS) is 12.7. The number of halogens is 1. The maximum absolute atomic E-state index is 13.3. The van der Waals surface area contributed by atoms with Crippen molar-refractivity contribution >= 4 is 57.0 Å². The molecular formula is C30H29ClNNaO6S. The SMILES string of the molecule is C[C@H](Cc1ccc(S(=O)(=O)c2cccc(Oc3cccc(C(=O)O)c3)c2)cc1)NC[C@@H](O)c1cccc(Cl)c1.[NaH]. The molecular weight excluding hydrogens is 561 g/mol. The van der Waals surface area contributed by atoms with E-state index in [0.29, 0.717) is 18.0 Å². The summed E-state index contributed by atoms with van der Waals surface area (Å²) in [6.45, 7) is 2.35. The van der Waals surface area contributed by atoms with E-state index < -0.39 is 21.9 Å². The Hall–Kier alpha value is -2.69. The average molecular weight is 590 g/mol. The van der Waals surface area contributed by atoms with Gasteiger partial charge in [-0.2, -0.15) is 0 Å². The van der Waals surface area contributed by atoms with E-state index in [1.165, 1.54) is 24.3 Å². The molecule has 0 aliphatic heterocycles. The molecule has 3 N–H and O–H groups in total. The Kier molecular flexibility index (Phi) is 11.4. The van der Waals surface area contributed by atoms with E-state index in [4.69, 9.17) is 21.4 Å². The van der Waals surface area contributed by atoms with E-state index in [9.17, 15) is 18.3 Å². The van der Waals surface area contributed by atoms with Crippen molar-refractivity contribution in [1.82, 2.24) is 5.32 Å². The van der Waals surface area contributed by atoms with Crippen LogP contribution in [0.15, 0.2) is 107 Å². The number of hydrogen-bond donors (Lipinski definition) is 3. The zero-order valence-electron chi connectivity index (χ0n) is 21.1. The summed E-state index contributed by atoms with van der Waals surface area (Å²) in [6.07, 6.45) is -0.0547. The van der Waals surface area contributed by atoms with Gasteiger partial charge in [0.25, 0.3) is 0 Å². The maximum atomic E-state index is 13.3. The number of hydrogen-bond acceptors (Lipinski definition) is 6. The molecule has 0 aliphatic carbocycles. The zero-order chi connectivity index (χ0) is 28.0. The fourth-order valence-corrected chi connectivity index (χ4v) is 5.54. The first-order valence-electron chi connectivity index (χ1n) is 12.2. The van der Waals surface area contributed by atoms with Crippen molar-refractivity contribution in [3.63, 3.8) is 0 Å². The zero-order valence-corrected chi connectivity index (χ0v) is 22.7. The van der Waals surface area contributed by atoms with Crippen molar-refractivity contribution in [2.75, 3.05) is 6.54 Å². The van der Waals surface area contributed by atoms with Gasteiger partial charge in [-0.15, -0.1) is 0 Å². The third kappa shape index (κ3) is 8.41. The summed E-state index contributed by atoms with van der Waals surface area (Å²) < 4.78 is 32.3. The van der Waals surface area contributed by atoms with Crippen LogP contribution in [0.25, 0.3) is 0 Å². The Morgan fingerprint density at radius 1 is 0.900 bits per heavy atom. The van der Waals surface area contributed by atoms with Gasteiger partial charge in [-0.1, -0.05) is 48.0 Å². The minimum atomic E-state index is -3.81. The topological polar surface area (TPSA) is 113 Å². The summed E-state index contributed by atoms with van der Waals surface area (Å²) in [6, 6.07) is 25.9. The van der Waals surface area contributed by atoms with E-state index in [1.54, 1.807) is 66.7 Å². The van der Waals surface area contributed by atoms with Gasteiger partial charge < -0.3 is 20.3 Å². The van der Waals surface area contributed by atoms with Crippen molar-refractivity contribution in [3.8, 4) is 11.5 Å². The molecule has 0 fully saturated rings. The summed E-state index contributed by atoms with van der Waals surface area (Å²) in [5, 5.41) is 23.4. The third-order valence-electron chi connectivity index (χ3n) is 6.10. The molecule has 204 valence electrons. The molecule has 40 heavy (non-hydrogen) atoms. The molecule has 7 nitrogen and oxygen atoms in total. The van der Waals surface area contributed by atoms with Gasteiger partial charge in [0, 0.05) is 17.6 Å². The molecule has 0 spiro atoms. The molecule has 0 amide bonds. The van der Waals surface area contributed by atoms with Crippen LogP contribution < -0.4 is 10.1 Å². The summed E-state index contributed by atoms with van der Waals surface area (Å²) in [5.41, 5.74) is 1.75. The number of ether oxygens (including phenoxy) is 1. The molecule has 0 saturated heterocycles. The second-order valence-corrected chi connectivity index (χ2v) is 11.5. The quantitative estimate of drug-likeness (QED) is 0.204. The summed E-state index contributed by atoms with van der Waals surface area (Å²) in [7, 11) is -3.81. The second kappa shape index (κ2) is 14.3. The first kappa shape index (κ1) is 31.8. The number of carbonyl (C=O) groups is 1. The molecule has 0 aliphatic rings. The number of aliphatic hydroxyl groups excluding tert-OH is 1. The van der Waals surface area contributed by atoms with Gasteiger partial charge in [0.15, 0.2) is 0 Å². The van der Waals surface area contributed by atoms with E-state index in [-0.39, 0.29) is 62.5 Å². The predicted molar refractivity (Wildman–Crippen MR) is 157 cm³/mol. The van der Waals surface area contributed by atoms with Gasteiger partial charge >= 0.3 is 35.5 Å². The molecule has 0 aromatic heterocycles. The standard InChI is InChI=1S/C30H28ClNO6S.Na.H/c1-20(32-19-29(33)22-5-2-7-24(31)16-22)15-21-11-13-27(14-12-21)39(36,37)28-10-4-9-26(18-28)38-25-8-3-6-23(17-25)30(34)35;;/h2-14,16-18,20,29,32-33H,15,19H2,1H3,(H,34,35);;/t20-,29-;;/m1../s1. The van der Waals surface area contributed by atoms with Crippen LogP contribution in [0.3, 0.4) is 0 Å². The molecule has 10 heteroatoms. The van der Waals surface area contributed by atoms with Crippen LogP contribution in [-0.2, 0) is 16.3 Å². The van der Waals surface area contributed by atoms with E-state index in [1.807, 2.05) is 13.0 Å². The van der Waals surface area contributed by atoms with Crippen LogP contribution in [0.5, 0.6) is 11.5 Å². The fraction of sp³-hybridized carbons (Fsp3) is 0.167. The summed E-state index contributed by atoms with van der Waals surface area (Å²) in [4.78, 5) is 11.4. The number of aromatic carboxylic acids is 1. The summed E-state index contributed by atoms with van der Waals surface area (Å²) >= 11 is 6.00. The molecule has 0 radical (unpaired) electrons. The first-order valence-corrected chi connectivity index (χ1v) is 14.1. The Morgan fingerprint density at radius 3 is 2.23 bits per heavy atom. The van der Waals surface area contributed by atoms with Crippen molar-refractivity contribution in [2.24, 2.45) is 0 Å². The Bertz CT molecular complexity index is 1560. The van der Waals surface area contributed by atoms with Gasteiger partial charge in [-0.3, -0.25) is 0 Å². The molecule has 4 aromatic rings. The van der Waals surface area contributed by atoms with Crippen LogP contribution in [0.1, 0.15) is 34.5 Å². The predicted octanol–water partition coefficient (Wildman–Crippen LogP) is 5.27. The van der Waals surface area contributed by atoms with Crippen molar-refractivity contribution in [1.29, 1.82) is 0 Å². The van der Waals surface area contributed by atoms with Crippen LogP contribution in [0, 0.1) is 0 Å². The number of aliphatic hydroxyl groups is 1. The number of sulfone groups is 1. The average Bonchev–Trinajstić information content (AvgIpc) is 2.92. The van der Waals surface area contributed by atoms with Crippen LogP contribution in [0.4, 0.5) is 0 Å².